The van der Waals surface area contributed by atoms with E-state index in [4.69, 9.17) is 10.3 Å². The first kappa shape index (κ1) is 34.6. The minimum Gasteiger partial charge on any atom is -0.672 e. The fourth-order valence-electron chi connectivity index (χ4n) is 5.56. The zero-order valence-corrected chi connectivity index (χ0v) is 30.4. The van der Waals surface area contributed by atoms with Gasteiger partial charge in [-0.05, 0) is 66.4 Å². The van der Waals surface area contributed by atoms with Crippen LogP contribution in [0.15, 0.2) is 72.1 Å². The van der Waals surface area contributed by atoms with Crippen molar-refractivity contribution < 1.29 is 25.8 Å². The van der Waals surface area contributed by atoms with Gasteiger partial charge in [-0.25, -0.2) is 0 Å². The summed E-state index contributed by atoms with van der Waals surface area (Å²) in [5.41, 5.74) is 10.8. The Bertz CT molecular complexity index is 1540. The van der Waals surface area contributed by atoms with Crippen molar-refractivity contribution >= 4 is 27.8 Å². The van der Waals surface area contributed by atoms with Crippen LogP contribution in [0.3, 0.4) is 0 Å². The Hall–Kier alpha value is -2.56. The molecule has 0 aliphatic carbocycles. The van der Waals surface area contributed by atoms with Crippen molar-refractivity contribution in [3.63, 3.8) is 0 Å². The van der Waals surface area contributed by atoms with E-state index in [0.717, 1.165) is 22.0 Å². The normalized spacial score (nSPS) is 11.5. The van der Waals surface area contributed by atoms with Gasteiger partial charge in [0.05, 0.1) is 5.01 Å². The molecule has 0 spiro atoms. The second-order valence-corrected chi connectivity index (χ2v) is 11.8. The Labute approximate surface area is 271 Å². The molecular formula is C37H42HfN2S. The maximum atomic E-state index is 5.60. The Morgan fingerprint density at radius 2 is 1.41 bits per heavy atom. The molecule has 0 aliphatic rings. The van der Waals surface area contributed by atoms with E-state index in [9.17, 15) is 0 Å². The van der Waals surface area contributed by atoms with Gasteiger partial charge in [-0.3, -0.25) is 4.98 Å². The van der Waals surface area contributed by atoms with Crippen LogP contribution in [0.25, 0.3) is 27.3 Å². The number of aryl methyl sites for hydroxylation is 3. The van der Waals surface area contributed by atoms with Crippen LogP contribution < -0.4 is 0 Å². The molecule has 2 nitrogen and oxygen atoms in total. The molecule has 0 radical (unpaired) electrons. The molecular weight excluding hydrogens is 683 g/mol. The Kier molecular flexibility index (Phi) is 12.3. The first-order valence-corrected chi connectivity index (χ1v) is 14.4. The van der Waals surface area contributed by atoms with Gasteiger partial charge in [0.1, 0.15) is 0 Å². The van der Waals surface area contributed by atoms with Gasteiger partial charge in [0.15, 0.2) is 0 Å². The smallest absolute Gasteiger partial charge is 0.672 e. The number of aromatic nitrogens is 1. The van der Waals surface area contributed by atoms with Crippen molar-refractivity contribution in [1.29, 1.82) is 0 Å². The molecule has 0 bridgehead atoms. The topological polar surface area (TPSA) is 27.0 Å². The quantitative estimate of drug-likeness (QED) is 0.121. The maximum absolute atomic E-state index is 5.60. The molecule has 4 aromatic carbocycles. The van der Waals surface area contributed by atoms with Crippen molar-refractivity contribution in [3.8, 4) is 11.3 Å². The maximum Gasteiger partial charge on any atom is 4.00 e. The fourth-order valence-corrected chi connectivity index (χ4v) is 6.41. The van der Waals surface area contributed by atoms with Crippen molar-refractivity contribution in [1.82, 2.24) is 4.98 Å². The number of para-hydroxylation sites is 1. The summed E-state index contributed by atoms with van der Waals surface area (Å²) < 4.78 is 0. The first-order valence-electron chi connectivity index (χ1n) is 13.5. The molecule has 41 heavy (non-hydrogen) atoms. The first-order chi connectivity index (χ1) is 18.2. The minimum atomic E-state index is -0.179. The third-order valence-corrected chi connectivity index (χ3v) is 8.24. The van der Waals surface area contributed by atoms with Gasteiger partial charge >= 0.3 is 25.8 Å². The van der Waals surface area contributed by atoms with Crippen LogP contribution >= 0.6 is 11.3 Å². The molecule has 0 saturated heterocycles. The SMILES string of the molecule is Cc1cc(C)c(C([N-]c2c(C(C)C)cccc2C(C)C)c2nc(-c3[c-]ccc4ccccc34)cs2)c(C)c1.[CH3-].[CH3-].[Hf+4]. The summed E-state index contributed by atoms with van der Waals surface area (Å²) in [5, 5.41) is 11.2. The van der Waals surface area contributed by atoms with Gasteiger partial charge < -0.3 is 20.2 Å². The Morgan fingerprint density at radius 3 is 2.02 bits per heavy atom. The van der Waals surface area contributed by atoms with E-state index in [-0.39, 0.29) is 46.7 Å². The summed E-state index contributed by atoms with van der Waals surface area (Å²) in [5.74, 6) is 0.760. The van der Waals surface area contributed by atoms with E-state index < -0.39 is 0 Å². The van der Waals surface area contributed by atoms with E-state index in [0.29, 0.717) is 11.8 Å². The molecule has 4 heteroatoms. The van der Waals surface area contributed by atoms with Gasteiger partial charge in [0.25, 0.3) is 0 Å². The predicted molar refractivity (Wildman–Crippen MR) is 177 cm³/mol. The Morgan fingerprint density at radius 1 is 0.805 bits per heavy atom. The number of hydrogen-bond acceptors (Lipinski definition) is 2. The zero-order chi connectivity index (χ0) is 27.0. The van der Waals surface area contributed by atoms with Crippen molar-refractivity contribution in [3.05, 3.63) is 137 Å². The summed E-state index contributed by atoms with van der Waals surface area (Å²) in [6.07, 6.45) is 0. The minimum absolute atomic E-state index is 0. The molecule has 0 amide bonds. The van der Waals surface area contributed by atoms with Crippen LogP contribution in [0.2, 0.25) is 0 Å². The van der Waals surface area contributed by atoms with Crippen LogP contribution in [0.1, 0.15) is 84.0 Å². The average molecular weight is 725 g/mol. The summed E-state index contributed by atoms with van der Waals surface area (Å²) in [7, 11) is 0. The Balaban J connectivity index is 0.00000196. The van der Waals surface area contributed by atoms with Gasteiger partial charge in [0, 0.05) is 0 Å². The third-order valence-electron chi connectivity index (χ3n) is 7.34. The number of hydrogen-bond donors (Lipinski definition) is 0. The van der Waals surface area contributed by atoms with E-state index in [1.807, 2.05) is 6.07 Å². The predicted octanol–water partition coefficient (Wildman–Crippen LogP) is 11.6. The van der Waals surface area contributed by atoms with Crippen molar-refractivity contribution in [2.75, 3.05) is 0 Å². The zero-order valence-electron chi connectivity index (χ0n) is 26.0. The molecule has 1 heterocycles. The molecule has 1 atom stereocenters. The second-order valence-electron chi connectivity index (χ2n) is 10.9. The number of benzene rings is 4. The summed E-state index contributed by atoms with van der Waals surface area (Å²) in [6, 6.07) is 27.1. The van der Waals surface area contributed by atoms with E-state index in [2.05, 4.69) is 121 Å². The molecule has 0 fully saturated rings. The van der Waals surface area contributed by atoms with Crippen molar-refractivity contribution in [2.45, 2.75) is 66.3 Å². The van der Waals surface area contributed by atoms with Gasteiger partial charge in [0.2, 0.25) is 0 Å². The molecule has 0 saturated carbocycles. The summed E-state index contributed by atoms with van der Waals surface area (Å²) in [4.78, 5) is 5.25. The van der Waals surface area contributed by atoms with Gasteiger partial charge in [-0.15, -0.1) is 46.2 Å². The monoisotopic (exact) mass is 726 g/mol. The largest absolute Gasteiger partial charge is 4.00 e. The van der Waals surface area contributed by atoms with E-state index in [1.54, 1.807) is 11.3 Å². The average Bonchev–Trinajstić information content (AvgIpc) is 3.37. The molecule has 5 rings (SSSR count). The molecule has 210 valence electrons. The fraction of sp³-hybridized carbons (Fsp3) is 0.270. The van der Waals surface area contributed by atoms with Crippen LogP contribution in [0.5, 0.6) is 0 Å². The molecule has 5 aromatic rings. The number of fused-ring (bicyclic) bond motifs is 1. The van der Waals surface area contributed by atoms with E-state index >= 15 is 0 Å². The standard InChI is InChI=1S/C35H36N2S.2CH3.Hf/c1-21(2)27-15-11-16-28(22(3)4)33(27)37-34(32-24(6)18-23(5)19-25(32)7)35-36-31(20-38-35)30-17-10-13-26-12-8-9-14-29(26)30;;;/h8-16,18-22,34H,1-7H3;2*1H3;/q-2;2*-1;+4. The second kappa shape index (κ2) is 14.6. The molecule has 1 unspecified atom stereocenters. The van der Waals surface area contributed by atoms with Crippen LogP contribution in [-0.4, -0.2) is 4.98 Å². The molecule has 0 N–H and O–H groups in total. The molecule has 1 aromatic heterocycles. The van der Waals surface area contributed by atoms with Gasteiger partial charge in [-0.2, -0.15) is 0 Å². The summed E-state index contributed by atoms with van der Waals surface area (Å²) in [6.45, 7) is 15.6. The van der Waals surface area contributed by atoms with Crippen molar-refractivity contribution in [2.24, 2.45) is 0 Å². The van der Waals surface area contributed by atoms with E-state index in [1.165, 1.54) is 44.2 Å². The van der Waals surface area contributed by atoms with Crippen LogP contribution in [0, 0.1) is 41.7 Å². The van der Waals surface area contributed by atoms with Crippen LogP contribution in [-0.2, 0) is 25.8 Å². The molecule has 0 aliphatic heterocycles. The number of nitrogens with zero attached hydrogens (tertiary/aromatic N) is 2. The van der Waals surface area contributed by atoms with Gasteiger partial charge in [-0.1, -0.05) is 104 Å². The number of thiazole rings is 1. The third kappa shape index (κ3) is 7.09. The number of rotatable bonds is 7. The van der Waals surface area contributed by atoms with Crippen LogP contribution in [0.4, 0.5) is 5.69 Å². The summed E-state index contributed by atoms with van der Waals surface area (Å²) >= 11 is 1.70.